The molecule has 0 saturated heterocycles. The van der Waals surface area contributed by atoms with Crippen LogP contribution in [0, 0.1) is 0 Å². The van der Waals surface area contributed by atoms with Gasteiger partial charge in [0.15, 0.2) is 0 Å². The minimum Gasteiger partial charge on any atom is -0.444 e. The van der Waals surface area contributed by atoms with Gasteiger partial charge in [0.2, 0.25) is 0 Å². The summed E-state index contributed by atoms with van der Waals surface area (Å²) in [7, 11) is 0. The van der Waals surface area contributed by atoms with Crippen LogP contribution in [-0.4, -0.2) is 11.7 Å². The van der Waals surface area contributed by atoms with Crippen molar-refractivity contribution in [3.8, 4) is 0 Å². The van der Waals surface area contributed by atoms with Gasteiger partial charge in [-0.05, 0) is 49.7 Å². The molecule has 0 aliphatic carbocycles. The van der Waals surface area contributed by atoms with E-state index in [1.807, 2.05) is 57.2 Å². The van der Waals surface area contributed by atoms with Crippen molar-refractivity contribution in [2.24, 2.45) is 0 Å². The van der Waals surface area contributed by atoms with Crippen LogP contribution in [0.2, 0.25) is 0 Å². The normalized spacial score (nSPS) is 11.4. The average molecular weight is 322 g/mol. The van der Waals surface area contributed by atoms with Crippen LogP contribution in [0.1, 0.15) is 20.8 Å². The first-order valence-corrected chi connectivity index (χ1v) is 6.83. The van der Waals surface area contributed by atoms with E-state index in [1.165, 1.54) is 0 Å². The van der Waals surface area contributed by atoms with E-state index in [0.29, 0.717) is 0 Å². The maximum atomic E-state index is 11.7. The molecule has 100 valence electrons. The zero-order valence-corrected chi connectivity index (χ0v) is 12.7. The number of carbonyl (C=O) groups excluding carboxylic acids is 1. The molecule has 0 atom stereocenters. The average Bonchev–Trinajstić information content (AvgIpc) is 2.26. The summed E-state index contributed by atoms with van der Waals surface area (Å²) in [6.45, 7) is 5.51. The van der Waals surface area contributed by atoms with Crippen molar-refractivity contribution in [3.05, 3.63) is 40.9 Å². The van der Waals surface area contributed by atoms with Crippen molar-refractivity contribution in [1.82, 2.24) is 0 Å². The van der Waals surface area contributed by atoms with E-state index in [-0.39, 0.29) is 0 Å². The van der Waals surface area contributed by atoms with Crippen LogP contribution in [0.25, 0.3) is 10.8 Å². The highest BCUT2D eigenvalue weighted by Gasteiger charge is 2.16. The minimum atomic E-state index is -0.496. The third-order valence-corrected chi connectivity index (χ3v) is 3.16. The highest BCUT2D eigenvalue weighted by Crippen LogP contribution is 2.26. The van der Waals surface area contributed by atoms with Crippen LogP contribution < -0.4 is 5.32 Å². The summed E-state index contributed by atoms with van der Waals surface area (Å²) in [5.74, 6) is 0. The SMILES string of the molecule is CC(C)(C)OC(=O)Nc1ccc2c(Br)cccc2c1. The van der Waals surface area contributed by atoms with E-state index in [2.05, 4.69) is 21.2 Å². The fourth-order valence-corrected chi connectivity index (χ4v) is 2.26. The number of nitrogens with one attached hydrogen (secondary N) is 1. The molecule has 2 aromatic rings. The smallest absolute Gasteiger partial charge is 0.412 e. The molecular weight excluding hydrogens is 306 g/mol. The summed E-state index contributed by atoms with van der Waals surface area (Å²) in [6.07, 6.45) is -0.443. The molecule has 0 fully saturated rings. The van der Waals surface area contributed by atoms with E-state index in [4.69, 9.17) is 4.74 Å². The van der Waals surface area contributed by atoms with Gasteiger partial charge in [-0.25, -0.2) is 4.79 Å². The number of anilines is 1. The second-order valence-electron chi connectivity index (χ2n) is 5.30. The molecule has 0 spiro atoms. The Kier molecular flexibility index (Phi) is 3.80. The van der Waals surface area contributed by atoms with Crippen molar-refractivity contribution < 1.29 is 9.53 Å². The highest BCUT2D eigenvalue weighted by atomic mass is 79.9. The summed E-state index contributed by atoms with van der Waals surface area (Å²) in [6, 6.07) is 11.7. The van der Waals surface area contributed by atoms with E-state index in [1.54, 1.807) is 0 Å². The number of ether oxygens (including phenoxy) is 1. The van der Waals surface area contributed by atoms with E-state index in [9.17, 15) is 4.79 Å². The lowest BCUT2D eigenvalue weighted by atomic mass is 10.1. The van der Waals surface area contributed by atoms with Crippen LogP contribution in [0.4, 0.5) is 10.5 Å². The van der Waals surface area contributed by atoms with Crippen LogP contribution >= 0.6 is 15.9 Å². The van der Waals surface area contributed by atoms with Gasteiger partial charge in [-0.3, -0.25) is 5.32 Å². The van der Waals surface area contributed by atoms with Crippen LogP contribution in [0.15, 0.2) is 40.9 Å². The molecule has 2 aromatic carbocycles. The van der Waals surface area contributed by atoms with Gasteiger partial charge in [0.1, 0.15) is 5.60 Å². The molecule has 0 radical (unpaired) electrons. The number of fused-ring (bicyclic) bond motifs is 1. The molecule has 0 bridgehead atoms. The Morgan fingerprint density at radius 2 is 1.95 bits per heavy atom. The maximum absolute atomic E-state index is 11.7. The monoisotopic (exact) mass is 321 g/mol. The second-order valence-corrected chi connectivity index (χ2v) is 6.16. The fourth-order valence-electron chi connectivity index (χ4n) is 1.74. The molecule has 0 aromatic heterocycles. The van der Waals surface area contributed by atoms with Gasteiger partial charge in [-0.1, -0.05) is 34.1 Å². The van der Waals surface area contributed by atoms with Gasteiger partial charge < -0.3 is 4.74 Å². The van der Waals surface area contributed by atoms with Gasteiger partial charge in [0.05, 0.1) is 0 Å². The number of benzene rings is 2. The summed E-state index contributed by atoms with van der Waals surface area (Å²) in [5.41, 5.74) is 0.226. The number of amides is 1. The Labute approximate surface area is 121 Å². The topological polar surface area (TPSA) is 38.3 Å². The zero-order chi connectivity index (χ0) is 14.0. The van der Waals surface area contributed by atoms with E-state index in [0.717, 1.165) is 20.9 Å². The van der Waals surface area contributed by atoms with Gasteiger partial charge in [-0.2, -0.15) is 0 Å². The van der Waals surface area contributed by atoms with Gasteiger partial charge >= 0.3 is 6.09 Å². The molecule has 1 N–H and O–H groups in total. The summed E-state index contributed by atoms with van der Waals surface area (Å²) < 4.78 is 6.25. The van der Waals surface area contributed by atoms with Crippen molar-refractivity contribution in [1.29, 1.82) is 0 Å². The van der Waals surface area contributed by atoms with Crippen LogP contribution in [-0.2, 0) is 4.74 Å². The predicted molar refractivity (Wildman–Crippen MR) is 81.5 cm³/mol. The largest absolute Gasteiger partial charge is 0.444 e. The summed E-state index contributed by atoms with van der Waals surface area (Å²) >= 11 is 3.50. The predicted octanol–water partition coefficient (Wildman–Crippen LogP) is 4.95. The Morgan fingerprint density at radius 3 is 2.63 bits per heavy atom. The quantitative estimate of drug-likeness (QED) is 0.807. The molecule has 0 unspecified atom stereocenters. The number of hydrogen-bond acceptors (Lipinski definition) is 2. The number of hydrogen-bond donors (Lipinski definition) is 1. The van der Waals surface area contributed by atoms with Gasteiger partial charge in [0.25, 0.3) is 0 Å². The standard InChI is InChI=1S/C15H16BrNO2/c1-15(2,3)19-14(18)17-11-7-8-12-10(9-11)5-4-6-13(12)16/h4-9H,1-3H3,(H,17,18). The Balaban J connectivity index is 2.20. The number of halogens is 1. The molecule has 0 aliphatic heterocycles. The molecule has 2 rings (SSSR count). The maximum Gasteiger partial charge on any atom is 0.412 e. The molecule has 19 heavy (non-hydrogen) atoms. The highest BCUT2D eigenvalue weighted by molar-refractivity contribution is 9.10. The molecule has 1 amide bonds. The lowest BCUT2D eigenvalue weighted by Crippen LogP contribution is -2.27. The Hall–Kier alpha value is -1.55. The van der Waals surface area contributed by atoms with Crippen molar-refractivity contribution >= 4 is 38.5 Å². The van der Waals surface area contributed by atoms with Gasteiger partial charge in [-0.15, -0.1) is 0 Å². The first-order valence-electron chi connectivity index (χ1n) is 6.03. The molecule has 3 nitrogen and oxygen atoms in total. The first kappa shape index (κ1) is 13.9. The van der Waals surface area contributed by atoms with Crippen molar-refractivity contribution in [2.45, 2.75) is 26.4 Å². The number of carbonyl (C=O) groups is 1. The second kappa shape index (κ2) is 5.21. The van der Waals surface area contributed by atoms with E-state index >= 15 is 0 Å². The molecule has 4 heteroatoms. The van der Waals surface area contributed by atoms with Crippen molar-refractivity contribution in [3.63, 3.8) is 0 Å². The van der Waals surface area contributed by atoms with Crippen LogP contribution in [0.3, 0.4) is 0 Å². The Bertz CT molecular complexity index is 617. The minimum absolute atomic E-state index is 0.443. The summed E-state index contributed by atoms with van der Waals surface area (Å²) in [5, 5.41) is 4.90. The lowest BCUT2D eigenvalue weighted by Gasteiger charge is -2.19. The zero-order valence-electron chi connectivity index (χ0n) is 11.2. The van der Waals surface area contributed by atoms with Crippen LogP contribution in [0.5, 0.6) is 0 Å². The first-order chi connectivity index (χ1) is 8.85. The summed E-state index contributed by atoms with van der Waals surface area (Å²) in [4.78, 5) is 11.7. The molecular formula is C15H16BrNO2. The molecule has 0 saturated carbocycles. The van der Waals surface area contributed by atoms with E-state index < -0.39 is 11.7 Å². The fraction of sp³-hybridized carbons (Fsp3) is 0.267. The number of rotatable bonds is 1. The molecule has 0 heterocycles. The van der Waals surface area contributed by atoms with Crippen molar-refractivity contribution in [2.75, 3.05) is 5.32 Å². The third-order valence-electron chi connectivity index (χ3n) is 2.47. The van der Waals surface area contributed by atoms with Gasteiger partial charge in [0, 0.05) is 10.2 Å². The lowest BCUT2D eigenvalue weighted by molar-refractivity contribution is 0.0636. The third kappa shape index (κ3) is 3.70. The molecule has 0 aliphatic rings. The Morgan fingerprint density at radius 1 is 1.21 bits per heavy atom.